The zero-order valence-electron chi connectivity index (χ0n) is 13.6. The zero-order chi connectivity index (χ0) is 15.5. The summed E-state index contributed by atoms with van der Waals surface area (Å²) in [5.41, 5.74) is 0. The van der Waals surface area contributed by atoms with Crippen molar-refractivity contribution in [2.45, 2.75) is 76.7 Å². The first-order chi connectivity index (χ1) is 10.8. The van der Waals surface area contributed by atoms with Gasteiger partial charge in [-0.25, -0.2) is 0 Å². The lowest BCUT2D eigenvalue weighted by atomic mass is 9.98. The van der Waals surface area contributed by atoms with Crippen molar-refractivity contribution in [1.82, 2.24) is 5.32 Å². The summed E-state index contributed by atoms with van der Waals surface area (Å²) >= 11 is 1.66. The molecule has 1 amide bonds. The lowest BCUT2D eigenvalue weighted by molar-refractivity contribution is -0.117. The van der Waals surface area contributed by atoms with Crippen LogP contribution in [0.25, 0.3) is 6.08 Å². The minimum Gasteiger partial charge on any atom is -0.350 e. The van der Waals surface area contributed by atoms with Gasteiger partial charge in [0, 0.05) is 17.0 Å². The van der Waals surface area contributed by atoms with Gasteiger partial charge in [-0.3, -0.25) is 4.79 Å². The lowest BCUT2D eigenvalue weighted by Crippen LogP contribution is -2.33. The Morgan fingerprint density at radius 2 is 1.59 bits per heavy atom. The van der Waals surface area contributed by atoms with Crippen LogP contribution >= 0.6 is 11.3 Å². The standard InChI is InChI=1S/C19H29NOS/c21-19(15-14-18-13-10-16-22-18)20-17-11-8-6-4-2-1-3-5-7-9-12-17/h10,13-17H,1-9,11-12H2,(H,20,21)/b15-14+. The van der Waals surface area contributed by atoms with E-state index in [-0.39, 0.29) is 5.91 Å². The van der Waals surface area contributed by atoms with Gasteiger partial charge in [0.2, 0.25) is 5.91 Å². The van der Waals surface area contributed by atoms with E-state index in [4.69, 9.17) is 0 Å². The van der Waals surface area contributed by atoms with Gasteiger partial charge in [-0.1, -0.05) is 63.9 Å². The molecule has 0 atom stereocenters. The van der Waals surface area contributed by atoms with Gasteiger partial charge in [0.05, 0.1) is 0 Å². The number of hydrogen-bond acceptors (Lipinski definition) is 2. The van der Waals surface area contributed by atoms with Crippen LogP contribution in [0, 0.1) is 0 Å². The molecule has 1 N–H and O–H groups in total. The molecular formula is C19H29NOS. The number of hydrogen-bond donors (Lipinski definition) is 1. The maximum atomic E-state index is 12.1. The van der Waals surface area contributed by atoms with Crippen LogP contribution in [-0.2, 0) is 4.79 Å². The van der Waals surface area contributed by atoms with Crippen LogP contribution in [-0.4, -0.2) is 11.9 Å². The molecule has 0 saturated heterocycles. The smallest absolute Gasteiger partial charge is 0.244 e. The molecule has 0 spiro atoms. The Hall–Kier alpha value is -1.09. The molecule has 1 aliphatic rings. The van der Waals surface area contributed by atoms with E-state index in [2.05, 4.69) is 5.32 Å². The van der Waals surface area contributed by atoms with Gasteiger partial charge >= 0.3 is 0 Å². The Balaban J connectivity index is 1.77. The van der Waals surface area contributed by atoms with Gasteiger partial charge in [0.15, 0.2) is 0 Å². The fourth-order valence-electron chi connectivity index (χ4n) is 3.10. The molecule has 122 valence electrons. The van der Waals surface area contributed by atoms with Crippen LogP contribution < -0.4 is 5.32 Å². The van der Waals surface area contributed by atoms with Crippen molar-refractivity contribution in [3.05, 3.63) is 28.5 Å². The fraction of sp³-hybridized carbons (Fsp3) is 0.632. The van der Waals surface area contributed by atoms with Crippen molar-refractivity contribution in [3.8, 4) is 0 Å². The van der Waals surface area contributed by atoms with Gasteiger partial charge in [-0.15, -0.1) is 11.3 Å². The second kappa shape index (κ2) is 10.6. The van der Waals surface area contributed by atoms with Crippen LogP contribution in [0.5, 0.6) is 0 Å². The van der Waals surface area contributed by atoms with Gasteiger partial charge in [0.1, 0.15) is 0 Å². The maximum Gasteiger partial charge on any atom is 0.244 e. The molecule has 0 radical (unpaired) electrons. The van der Waals surface area contributed by atoms with Gasteiger partial charge in [0.25, 0.3) is 0 Å². The average molecular weight is 320 g/mol. The van der Waals surface area contributed by atoms with E-state index in [0.717, 1.165) is 17.7 Å². The molecule has 1 saturated carbocycles. The first-order valence-corrected chi connectivity index (χ1v) is 9.74. The van der Waals surface area contributed by atoms with Crippen LogP contribution in [0.15, 0.2) is 23.6 Å². The van der Waals surface area contributed by atoms with E-state index >= 15 is 0 Å². The molecule has 1 aromatic rings. The Morgan fingerprint density at radius 3 is 2.14 bits per heavy atom. The van der Waals surface area contributed by atoms with Crippen molar-refractivity contribution >= 4 is 23.3 Å². The molecule has 1 heterocycles. The third-order valence-corrected chi connectivity index (χ3v) is 5.23. The molecule has 1 aromatic heterocycles. The molecule has 2 rings (SSSR count). The summed E-state index contributed by atoms with van der Waals surface area (Å²) in [4.78, 5) is 13.2. The monoisotopic (exact) mass is 319 g/mol. The number of rotatable bonds is 3. The van der Waals surface area contributed by atoms with E-state index < -0.39 is 0 Å². The minimum atomic E-state index is 0.0606. The second-order valence-corrected chi connectivity index (χ2v) is 7.29. The summed E-state index contributed by atoms with van der Waals surface area (Å²) in [5, 5.41) is 5.24. The van der Waals surface area contributed by atoms with Crippen LogP contribution in [0.2, 0.25) is 0 Å². The second-order valence-electron chi connectivity index (χ2n) is 6.31. The Kier molecular flexibility index (Phi) is 8.32. The summed E-state index contributed by atoms with van der Waals surface area (Å²) in [6, 6.07) is 4.40. The highest BCUT2D eigenvalue weighted by Gasteiger charge is 2.11. The maximum absolute atomic E-state index is 12.1. The van der Waals surface area contributed by atoms with E-state index in [1.807, 2.05) is 23.6 Å². The summed E-state index contributed by atoms with van der Waals surface area (Å²) < 4.78 is 0. The predicted octanol–water partition coefficient (Wildman–Crippen LogP) is 5.55. The Labute approximate surface area is 139 Å². The lowest BCUT2D eigenvalue weighted by Gasteiger charge is -2.18. The summed E-state index contributed by atoms with van der Waals surface area (Å²) in [6.45, 7) is 0. The van der Waals surface area contributed by atoms with Crippen LogP contribution in [0.4, 0.5) is 0 Å². The van der Waals surface area contributed by atoms with E-state index in [1.54, 1.807) is 17.4 Å². The molecule has 1 fully saturated rings. The number of carbonyl (C=O) groups is 1. The highest BCUT2D eigenvalue weighted by Crippen LogP contribution is 2.17. The summed E-state index contributed by atoms with van der Waals surface area (Å²) in [5.74, 6) is 0.0606. The van der Waals surface area contributed by atoms with Crippen molar-refractivity contribution in [1.29, 1.82) is 0 Å². The molecule has 3 heteroatoms. The van der Waals surface area contributed by atoms with Gasteiger partial charge in [-0.2, -0.15) is 0 Å². The Bertz CT molecular complexity index is 426. The quantitative estimate of drug-likeness (QED) is 0.727. The largest absolute Gasteiger partial charge is 0.350 e. The van der Waals surface area contributed by atoms with Crippen molar-refractivity contribution in [3.63, 3.8) is 0 Å². The van der Waals surface area contributed by atoms with Gasteiger partial charge in [-0.05, 0) is 30.4 Å². The SMILES string of the molecule is O=C(/C=C/c1cccs1)NC1CCCCCCCCCCC1. The van der Waals surface area contributed by atoms with Crippen molar-refractivity contribution in [2.24, 2.45) is 0 Å². The number of nitrogens with one attached hydrogen (secondary N) is 1. The highest BCUT2D eigenvalue weighted by atomic mass is 32.1. The molecule has 2 nitrogen and oxygen atoms in total. The zero-order valence-corrected chi connectivity index (χ0v) is 14.4. The first-order valence-electron chi connectivity index (χ1n) is 8.87. The van der Waals surface area contributed by atoms with Crippen molar-refractivity contribution < 1.29 is 4.79 Å². The molecule has 22 heavy (non-hydrogen) atoms. The molecule has 0 aliphatic heterocycles. The number of amides is 1. The normalized spacial score (nSPS) is 19.5. The third-order valence-electron chi connectivity index (χ3n) is 4.39. The van der Waals surface area contributed by atoms with E-state index in [0.29, 0.717) is 6.04 Å². The summed E-state index contributed by atoms with van der Waals surface area (Å²) in [7, 11) is 0. The van der Waals surface area contributed by atoms with E-state index in [9.17, 15) is 4.79 Å². The van der Waals surface area contributed by atoms with Crippen molar-refractivity contribution in [2.75, 3.05) is 0 Å². The minimum absolute atomic E-state index is 0.0606. The molecule has 0 aromatic carbocycles. The Morgan fingerprint density at radius 1 is 1.00 bits per heavy atom. The molecular weight excluding hydrogens is 290 g/mol. The highest BCUT2D eigenvalue weighted by molar-refractivity contribution is 7.10. The molecule has 0 bridgehead atoms. The average Bonchev–Trinajstić information content (AvgIpc) is 3.01. The topological polar surface area (TPSA) is 29.1 Å². The number of carbonyl (C=O) groups excluding carboxylic acids is 1. The van der Waals surface area contributed by atoms with Crippen LogP contribution in [0.3, 0.4) is 0 Å². The number of thiophene rings is 1. The first kappa shape index (κ1) is 17.3. The third kappa shape index (κ3) is 7.26. The van der Waals surface area contributed by atoms with E-state index in [1.165, 1.54) is 57.8 Å². The summed E-state index contributed by atoms with van der Waals surface area (Å²) in [6.07, 6.45) is 17.9. The fourth-order valence-corrected chi connectivity index (χ4v) is 3.72. The predicted molar refractivity (Wildman–Crippen MR) is 96.1 cm³/mol. The molecule has 1 aliphatic carbocycles. The molecule has 0 unspecified atom stereocenters. The van der Waals surface area contributed by atoms with Gasteiger partial charge < -0.3 is 5.32 Å². The van der Waals surface area contributed by atoms with Crippen LogP contribution in [0.1, 0.15) is 75.5 Å².